The monoisotopic (exact) mass is 427 g/mol. The summed E-state index contributed by atoms with van der Waals surface area (Å²) in [6, 6.07) is 11.3. The Morgan fingerprint density at radius 3 is 2.80 bits per heavy atom. The van der Waals surface area contributed by atoms with Crippen molar-refractivity contribution in [1.29, 1.82) is 0 Å². The van der Waals surface area contributed by atoms with Crippen molar-refractivity contribution in [2.45, 2.75) is 25.3 Å². The molecule has 7 nitrogen and oxygen atoms in total. The fraction of sp³-hybridized carbons (Fsp3) is 0.318. The van der Waals surface area contributed by atoms with E-state index in [4.69, 9.17) is 16.3 Å². The third-order valence-corrected chi connectivity index (χ3v) is 5.71. The van der Waals surface area contributed by atoms with Crippen LogP contribution in [0.25, 0.3) is 0 Å². The largest absolute Gasteiger partial charge is 0.495 e. The highest BCUT2D eigenvalue weighted by atomic mass is 35.5. The fourth-order valence-electron chi connectivity index (χ4n) is 4.05. The van der Waals surface area contributed by atoms with Gasteiger partial charge in [-0.05, 0) is 49.6 Å². The third-order valence-electron chi connectivity index (χ3n) is 5.48. The van der Waals surface area contributed by atoms with Crippen molar-refractivity contribution in [1.82, 2.24) is 4.90 Å². The number of rotatable bonds is 4. The van der Waals surface area contributed by atoms with Gasteiger partial charge in [0.25, 0.3) is 5.91 Å². The van der Waals surface area contributed by atoms with Crippen LogP contribution in [0.5, 0.6) is 5.75 Å². The van der Waals surface area contributed by atoms with Crippen molar-refractivity contribution in [2.24, 2.45) is 0 Å². The number of carbonyl (C=O) groups is 3. The van der Waals surface area contributed by atoms with E-state index in [2.05, 4.69) is 5.32 Å². The molecule has 2 heterocycles. The van der Waals surface area contributed by atoms with E-state index in [9.17, 15) is 14.4 Å². The van der Waals surface area contributed by atoms with Gasteiger partial charge in [-0.25, -0.2) is 0 Å². The van der Waals surface area contributed by atoms with Gasteiger partial charge in [0, 0.05) is 11.6 Å². The van der Waals surface area contributed by atoms with Crippen LogP contribution in [0.15, 0.2) is 42.5 Å². The molecule has 0 aliphatic carbocycles. The zero-order valence-electron chi connectivity index (χ0n) is 16.6. The molecule has 0 spiro atoms. The zero-order chi connectivity index (χ0) is 21.3. The number of nitrogens with one attached hydrogen (secondary N) is 1. The first kappa shape index (κ1) is 20.2. The highest BCUT2D eigenvalue weighted by molar-refractivity contribution is 6.31. The lowest BCUT2D eigenvalue weighted by Gasteiger charge is -2.34. The van der Waals surface area contributed by atoms with Gasteiger partial charge in [-0.1, -0.05) is 23.7 Å². The lowest BCUT2D eigenvalue weighted by molar-refractivity contribution is -0.125. The van der Waals surface area contributed by atoms with Crippen molar-refractivity contribution in [3.05, 3.63) is 53.1 Å². The first-order chi connectivity index (χ1) is 14.5. The predicted molar refractivity (Wildman–Crippen MR) is 114 cm³/mol. The molecule has 2 aliphatic heterocycles. The van der Waals surface area contributed by atoms with E-state index in [0.29, 0.717) is 40.7 Å². The minimum Gasteiger partial charge on any atom is -0.495 e. The Balaban J connectivity index is 1.64. The fourth-order valence-corrected chi connectivity index (χ4v) is 4.22. The van der Waals surface area contributed by atoms with Crippen LogP contribution < -0.4 is 15.0 Å². The number of piperidine rings is 1. The molecule has 2 aromatic carbocycles. The van der Waals surface area contributed by atoms with Crippen LogP contribution in [0.2, 0.25) is 5.02 Å². The normalized spacial score (nSPS) is 18.4. The molecule has 4 rings (SSSR count). The number of methoxy groups -OCH3 is 1. The van der Waals surface area contributed by atoms with Crippen molar-refractivity contribution >= 4 is 40.7 Å². The Labute approximate surface area is 179 Å². The van der Waals surface area contributed by atoms with Crippen molar-refractivity contribution in [3.8, 4) is 5.75 Å². The average Bonchev–Trinajstić information content (AvgIpc) is 2.84. The summed E-state index contributed by atoms with van der Waals surface area (Å²) in [4.78, 5) is 42.4. The summed E-state index contributed by atoms with van der Waals surface area (Å²) < 4.78 is 5.27. The molecule has 0 saturated carbocycles. The van der Waals surface area contributed by atoms with E-state index in [1.54, 1.807) is 47.4 Å². The van der Waals surface area contributed by atoms with E-state index in [1.807, 2.05) is 0 Å². The molecule has 1 atom stereocenters. The summed E-state index contributed by atoms with van der Waals surface area (Å²) in [6.07, 6.45) is 2.34. The van der Waals surface area contributed by atoms with Gasteiger partial charge in [-0.2, -0.15) is 0 Å². The number of carbonyl (C=O) groups excluding carboxylic acids is 3. The van der Waals surface area contributed by atoms with Gasteiger partial charge in [-0.3, -0.25) is 14.4 Å². The Hall–Kier alpha value is -3.06. The number of anilines is 2. The van der Waals surface area contributed by atoms with Gasteiger partial charge in [0.1, 0.15) is 18.3 Å². The molecule has 8 heteroatoms. The first-order valence-corrected chi connectivity index (χ1v) is 10.2. The Bertz CT molecular complexity index is 1010. The van der Waals surface area contributed by atoms with Crippen LogP contribution >= 0.6 is 11.6 Å². The van der Waals surface area contributed by atoms with Crippen molar-refractivity contribution in [3.63, 3.8) is 0 Å². The summed E-state index contributed by atoms with van der Waals surface area (Å²) in [7, 11) is 1.50. The molecule has 1 N–H and O–H groups in total. The molecule has 3 amide bonds. The zero-order valence-corrected chi connectivity index (χ0v) is 17.3. The lowest BCUT2D eigenvalue weighted by Crippen LogP contribution is -2.52. The first-order valence-electron chi connectivity index (χ1n) is 9.84. The number of hydrogen-bond donors (Lipinski definition) is 1. The highest BCUT2D eigenvalue weighted by Crippen LogP contribution is 2.32. The molecule has 1 fully saturated rings. The van der Waals surface area contributed by atoms with Crippen LogP contribution in [0.1, 0.15) is 29.6 Å². The van der Waals surface area contributed by atoms with Gasteiger partial charge in [0.2, 0.25) is 11.8 Å². The summed E-state index contributed by atoms with van der Waals surface area (Å²) in [6.45, 7) is 0.326. The van der Waals surface area contributed by atoms with Crippen molar-refractivity contribution in [2.75, 3.05) is 30.4 Å². The third kappa shape index (κ3) is 3.73. The van der Waals surface area contributed by atoms with Crippen LogP contribution in [0.3, 0.4) is 0 Å². The second kappa shape index (κ2) is 8.36. The number of nitrogens with zero attached hydrogens (tertiary/aromatic N) is 2. The van der Waals surface area contributed by atoms with Gasteiger partial charge in [-0.15, -0.1) is 0 Å². The molecule has 1 saturated heterocycles. The number of hydrogen-bond acceptors (Lipinski definition) is 4. The lowest BCUT2D eigenvalue weighted by atomic mass is 10.0. The van der Waals surface area contributed by atoms with Gasteiger partial charge >= 0.3 is 0 Å². The number of amides is 3. The molecular weight excluding hydrogens is 406 g/mol. The minimum absolute atomic E-state index is 0.164. The smallest absolute Gasteiger partial charge is 0.256 e. The Morgan fingerprint density at radius 1 is 1.20 bits per heavy atom. The summed E-state index contributed by atoms with van der Waals surface area (Å²) >= 11 is 6.04. The number of para-hydroxylation sites is 1. The van der Waals surface area contributed by atoms with Crippen molar-refractivity contribution < 1.29 is 19.1 Å². The topological polar surface area (TPSA) is 79.0 Å². The average molecular weight is 428 g/mol. The van der Waals surface area contributed by atoms with E-state index < -0.39 is 11.9 Å². The molecular formula is C22H22ClN3O4. The maximum absolute atomic E-state index is 13.4. The molecule has 156 valence electrons. The van der Waals surface area contributed by atoms with E-state index in [-0.39, 0.29) is 18.4 Å². The second-order valence-electron chi connectivity index (χ2n) is 7.34. The standard InChI is InChI=1S/C22H22ClN3O4/c1-30-19-10-9-14(23)12-16(19)24-20(27)13-26-17-7-3-2-6-15(17)21(28)25-11-5-4-8-18(25)22(26)29/h2-3,6-7,9-10,12,18H,4-5,8,11,13H2,1H3,(H,24,27). The summed E-state index contributed by atoms with van der Waals surface area (Å²) in [5.74, 6) is -0.344. The molecule has 0 aromatic heterocycles. The highest BCUT2D eigenvalue weighted by Gasteiger charge is 2.41. The predicted octanol–water partition coefficient (Wildman–Crippen LogP) is 3.33. The van der Waals surface area contributed by atoms with Crippen LogP contribution in [0.4, 0.5) is 11.4 Å². The van der Waals surface area contributed by atoms with Crippen LogP contribution in [-0.2, 0) is 9.59 Å². The second-order valence-corrected chi connectivity index (χ2v) is 7.78. The number of ether oxygens (including phenoxy) is 1. The number of benzene rings is 2. The number of fused-ring (bicyclic) bond motifs is 2. The number of halogens is 1. The maximum Gasteiger partial charge on any atom is 0.256 e. The molecule has 0 bridgehead atoms. The van der Waals surface area contributed by atoms with E-state index in [0.717, 1.165) is 12.8 Å². The molecule has 0 radical (unpaired) electrons. The molecule has 1 unspecified atom stereocenters. The summed E-state index contributed by atoms with van der Waals surface area (Å²) in [5, 5.41) is 3.21. The van der Waals surface area contributed by atoms with Gasteiger partial charge < -0.3 is 19.9 Å². The minimum atomic E-state index is -0.549. The van der Waals surface area contributed by atoms with Gasteiger partial charge in [0.15, 0.2) is 0 Å². The maximum atomic E-state index is 13.4. The van der Waals surface area contributed by atoms with Gasteiger partial charge in [0.05, 0.1) is 24.0 Å². The Morgan fingerprint density at radius 2 is 2.00 bits per heavy atom. The summed E-state index contributed by atoms with van der Waals surface area (Å²) in [5.41, 5.74) is 1.31. The van der Waals surface area contributed by atoms with E-state index >= 15 is 0 Å². The van der Waals surface area contributed by atoms with Crippen LogP contribution in [-0.4, -0.2) is 48.9 Å². The Kier molecular flexibility index (Phi) is 5.63. The molecule has 2 aliphatic rings. The quantitative estimate of drug-likeness (QED) is 0.811. The SMILES string of the molecule is COc1ccc(Cl)cc1NC(=O)CN1C(=O)C2CCCCN2C(=O)c2ccccc21. The molecule has 30 heavy (non-hydrogen) atoms. The van der Waals surface area contributed by atoms with E-state index in [1.165, 1.54) is 12.0 Å². The van der Waals surface area contributed by atoms with Crippen LogP contribution in [0, 0.1) is 0 Å². The molecule has 2 aromatic rings.